The number of pyridine rings is 1. The molecule has 5 nitrogen and oxygen atoms in total. The number of aromatic carboxylic acids is 1. The Morgan fingerprint density at radius 3 is 2.39 bits per heavy atom. The highest BCUT2D eigenvalue weighted by Gasteiger charge is 2.21. The second-order valence-corrected chi connectivity index (χ2v) is 4.15. The molecular formula is C13H11BF4NO4. The Hall–Kier alpha value is -2.52. The summed E-state index contributed by atoms with van der Waals surface area (Å²) in [4.78, 5) is 23.1. The average molecular weight is 332 g/mol. The molecule has 0 saturated carbocycles. The molecule has 0 fully saturated rings. The molecule has 0 saturated heterocycles. The van der Waals surface area contributed by atoms with Gasteiger partial charge in [0.15, 0.2) is 11.6 Å². The van der Waals surface area contributed by atoms with E-state index in [0.717, 1.165) is 13.3 Å². The summed E-state index contributed by atoms with van der Waals surface area (Å²) >= 11 is 0. The van der Waals surface area contributed by atoms with E-state index in [1.807, 2.05) is 0 Å². The van der Waals surface area contributed by atoms with Crippen LogP contribution in [0.2, 0.25) is 0 Å². The maximum atomic E-state index is 13.7. The Labute approximate surface area is 128 Å². The molecule has 23 heavy (non-hydrogen) atoms. The second kappa shape index (κ2) is 7.66. The first-order chi connectivity index (χ1) is 10.8. The molecule has 0 amide bonds. The summed E-state index contributed by atoms with van der Waals surface area (Å²) in [5, 5.41) is 8.75. The molecule has 0 aliphatic heterocycles. The molecule has 2 aromatic rings. The van der Waals surface area contributed by atoms with Gasteiger partial charge in [-0.15, -0.1) is 0 Å². The van der Waals surface area contributed by atoms with Gasteiger partial charge in [0.25, 0.3) is 0 Å². The quantitative estimate of drug-likeness (QED) is 0.693. The number of methoxy groups -OCH3 is 1. The Kier molecular flexibility index (Phi) is 6.17. The third-order valence-corrected chi connectivity index (χ3v) is 2.99. The van der Waals surface area contributed by atoms with Gasteiger partial charge in [0.1, 0.15) is 5.56 Å². The van der Waals surface area contributed by atoms with Crippen LogP contribution in [0.15, 0.2) is 17.1 Å². The molecule has 10 heteroatoms. The lowest BCUT2D eigenvalue weighted by atomic mass is 10.1. The van der Waals surface area contributed by atoms with E-state index in [4.69, 9.17) is 9.84 Å². The summed E-state index contributed by atoms with van der Waals surface area (Å²) in [6.45, 7) is 1.94. The second-order valence-electron chi connectivity index (χ2n) is 4.15. The highest BCUT2D eigenvalue weighted by Crippen LogP contribution is 2.29. The van der Waals surface area contributed by atoms with E-state index in [0.29, 0.717) is 6.07 Å². The smallest absolute Gasteiger partial charge is 0.491 e. The van der Waals surface area contributed by atoms with Gasteiger partial charge in [-0.05, 0) is 13.0 Å². The lowest BCUT2D eigenvalue weighted by Gasteiger charge is -2.14. The predicted molar refractivity (Wildman–Crippen MR) is 75.3 cm³/mol. The molecule has 0 bridgehead atoms. The number of benzene rings is 1. The first kappa shape index (κ1) is 18.5. The van der Waals surface area contributed by atoms with Crippen molar-refractivity contribution < 1.29 is 32.1 Å². The van der Waals surface area contributed by atoms with E-state index in [1.54, 1.807) is 6.92 Å². The highest BCUT2D eigenvalue weighted by molar-refractivity contribution is 6.15. The van der Waals surface area contributed by atoms with Crippen LogP contribution in [0.25, 0.3) is 10.9 Å². The standard InChI is InChI=1S/C13H11F2NO4.BF2/c1-3-16-5-7(13(18)19)11(17)6-4-8(14)9(15)12(20-2)10(6)16;2-1-3/h4-5H,3H2,1-2H3,(H,18,19);. The molecule has 123 valence electrons. The van der Waals surface area contributed by atoms with Crippen LogP contribution in [0, 0.1) is 11.6 Å². The fraction of sp³-hybridized carbons (Fsp3) is 0.231. The molecular weight excluding hydrogens is 321 g/mol. The van der Waals surface area contributed by atoms with E-state index < -0.39 is 42.2 Å². The van der Waals surface area contributed by atoms with Crippen LogP contribution in [0.4, 0.5) is 17.4 Å². The molecule has 1 radical (unpaired) electrons. The van der Waals surface area contributed by atoms with Gasteiger partial charge in [0.2, 0.25) is 11.2 Å². The number of halogens is 4. The lowest BCUT2D eigenvalue weighted by Crippen LogP contribution is -2.19. The third kappa shape index (κ3) is 3.46. The summed E-state index contributed by atoms with van der Waals surface area (Å²) < 4.78 is 52.4. The van der Waals surface area contributed by atoms with Crippen molar-refractivity contribution >= 4 is 24.7 Å². The first-order valence-electron chi connectivity index (χ1n) is 6.18. The third-order valence-electron chi connectivity index (χ3n) is 2.99. The van der Waals surface area contributed by atoms with Crippen LogP contribution in [0.3, 0.4) is 0 Å². The normalized spacial score (nSPS) is 10.0. The van der Waals surface area contributed by atoms with Gasteiger partial charge < -0.3 is 14.4 Å². The number of aromatic nitrogens is 1. The van der Waals surface area contributed by atoms with Crippen LogP contribution in [0.5, 0.6) is 5.75 Å². The Balaban J connectivity index is 0.000000816. The molecule has 1 aromatic heterocycles. The SMILES string of the molecule is CCn1cc(C(=O)O)c(=O)c2cc(F)c(F)c(OC)c21.F[B]F. The molecule has 1 aromatic carbocycles. The number of carboxylic acids is 1. The van der Waals surface area contributed by atoms with E-state index in [1.165, 1.54) is 4.57 Å². The number of fused-ring (bicyclic) bond motifs is 1. The number of ether oxygens (including phenoxy) is 1. The van der Waals surface area contributed by atoms with Gasteiger partial charge in [0.05, 0.1) is 18.0 Å². The Morgan fingerprint density at radius 2 is 1.96 bits per heavy atom. The van der Waals surface area contributed by atoms with Crippen molar-refractivity contribution in [1.82, 2.24) is 4.57 Å². The van der Waals surface area contributed by atoms with Crippen LogP contribution >= 0.6 is 0 Å². The zero-order valence-electron chi connectivity index (χ0n) is 12.1. The fourth-order valence-corrected chi connectivity index (χ4v) is 2.06. The van der Waals surface area contributed by atoms with Gasteiger partial charge in [-0.25, -0.2) is 9.18 Å². The van der Waals surface area contributed by atoms with Crippen molar-refractivity contribution in [2.75, 3.05) is 7.11 Å². The minimum atomic E-state index is -1.43. The molecule has 1 heterocycles. The van der Waals surface area contributed by atoms with Crippen molar-refractivity contribution in [3.05, 3.63) is 39.7 Å². The number of nitrogens with zero attached hydrogens (tertiary/aromatic N) is 1. The molecule has 0 unspecified atom stereocenters. The molecule has 0 aliphatic rings. The molecule has 0 atom stereocenters. The first-order valence-corrected chi connectivity index (χ1v) is 6.18. The van der Waals surface area contributed by atoms with Crippen molar-refractivity contribution in [3.63, 3.8) is 0 Å². The molecule has 0 aliphatic carbocycles. The predicted octanol–water partition coefficient (Wildman–Crippen LogP) is 2.47. The Bertz CT molecular complexity index is 794. The van der Waals surface area contributed by atoms with E-state index >= 15 is 0 Å². The van der Waals surface area contributed by atoms with Crippen LogP contribution in [-0.2, 0) is 6.54 Å². The largest absolute Gasteiger partial charge is 0.577 e. The minimum Gasteiger partial charge on any atom is -0.491 e. The number of hydrogen-bond donors (Lipinski definition) is 1. The van der Waals surface area contributed by atoms with Gasteiger partial charge in [-0.3, -0.25) is 13.4 Å². The summed E-state index contributed by atoms with van der Waals surface area (Å²) in [6, 6.07) is 0.689. The number of carbonyl (C=O) groups is 1. The monoisotopic (exact) mass is 332 g/mol. The maximum absolute atomic E-state index is 13.7. The van der Waals surface area contributed by atoms with Gasteiger partial charge >= 0.3 is 13.8 Å². The van der Waals surface area contributed by atoms with Crippen molar-refractivity contribution in [3.8, 4) is 5.75 Å². The van der Waals surface area contributed by atoms with E-state index in [9.17, 15) is 27.0 Å². The van der Waals surface area contributed by atoms with Crippen LogP contribution in [-0.4, -0.2) is 30.6 Å². The van der Waals surface area contributed by atoms with Crippen molar-refractivity contribution in [1.29, 1.82) is 0 Å². The number of aryl methyl sites for hydroxylation is 1. The van der Waals surface area contributed by atoms with Crippen LogP contribution in [0.1, 0.15) is 17.3 Å². The summed E-state index contributed by atoms with van der Waals surface area (Å²) in [5.74, 6) is -4.33. The summed E-state index contributed by atoms with van der Waals surface area (Å²) in [5.41, 5.74) is -1.36. The van der Waals surface area contributed by atoms with E-state index in [-0.39, 0.29) is 17.4 Å². The number of hydrogen-bond acceptors (Lipinski definition) is 3. The maximum Gasteiger partial charge on any atom is 0.577 e. The fourth-order valence-electron chi connectivity index (χ4n) is 2.06. The zero-order chi connectivity index (χ0) is 17.7. The summed E-state index contributed by atoms with van der Waals surface area (Å²) in [6.07, 6.45) is 1.09. The Morgan fingerprint density at radius 1 is 1.39 bits per heavy atom. The van der Waals surface area contributed by atoms with Crippen LogP contribution < -0.4 is 10.2 Å². The minimum absolute atomic E-state index is 0.0314. The van der Waals surface area contributed by atoms with Gasteiger partial charge in [-0.1, -0.05) is 0 Å². The zero-order valence-corrected chi connectivity index (χ0v) is 12.1. The topological polar surface area (TPSA) is 68.5 Å². The molecule has 2 rings (SSSR count). The van der Waals surface area contributed by atoms with Crippen molar-refractivity contribution in [2.45, 2.75) is 13.5 Å². The molecule has 1 N–H and O–H groups in total. The number of carboxylic acid groups (broad SMARTS) is 1. The van der Waals surface area contributed by atoms with Gasteiger partial charge in [-0.2, -0.15) is 4.39 Å². The average Bonchev–Trinajstić information content (AvgIpc) is 2.50. The van der Waals surface area contributed by atoms with E-state index in [2.05, 4.69) is 0 Å². The van der Waals surface area contributed by atoms with Crippen molar-refractivity contribution in [2.24, 2.45) is 0 Å². The highest BCUT2D eigenvalue weighted by atomic mass is 19.2. The van der Waals surface area contributed by atoms with Gasteiger partial charge in [0, 0.05) is 12.7 Å². The molecule has 0 spiro atoms. The number of rotatable bonds is 3. The lowest BCUT2D eigenvalue weighted by molar-refractivity contribution is 0.0695. The summed E-state index contributed by atoms with van der Waals surface area (Å²) in [7, 11) is 0.146.